The number of hydrogen-bond acceptors (Lipinski definition) is 4. The highest BCUT2D eigenvalue weighted by Gasteiger charge is 2.35. The number of aromatic nitrogens is 2. The molecular weight excluding hydrogens is 390 g/mol. The predicted molar refractivity (Wildman–Crippen MR) is 90.3 cm³/mol. The molecule has 11 heteroatoms. The van der Waals surface area contributed by atoms with Gasteiger partial charge in [-0.3, -0.25) is 18.9 Å². The zero-order chi connectivity index (χ0) is 19.9. The molecule has 1 aromatic carbocycles. The van der Waals surface area contributed by atoms with Gasteiger partial charge in [0.25, 0.3) is 11.5 Å². The van der Waals surface area contributed by atoms with E-state index in [1.54, 1.807) is 0 Å². The maximum absolute atomic E-state index is 14.2. The first-order valence-corrected chi connectivity index (χ1v) is 8.63. The molecule has 1 N–H and O–H groups in total. The molecule has 0 bridgehead atoms. The molecule has 1 aromatic heterocycles. The first-order valence-electron chi connectivity index (χ1n) is 7.76. The van der Waals surface area contributed by atoms with Gasteiger partial charge in [-0.25, -0.2) is 13.8 Å². The van der Waals surface area contributed by atoms with E-state index in [4.69, 9.17) is 0 Å². The monoisotopic (exact) mass is 403 g/mol. The fraction of sp³-hybridized carbons (Fsp3) is 0.312. The van der Waals surface area contributed by atoms with Crippen LogP contribution in [0.15, 0.2) is 33.9 Å². The highest BCUT2D eigenvalue weighted by Crippen LogP contribution is 2.32. The molecule has 3 rings (SSSR count). The maximum atomic E-state index is 14.2. The fourth-order valence-corrected chi connectivity index (χ4v) is 3.09. The molecule has 0 aliphatic heterocycles. The van der Waals surface area contributed by atoms with Crippen molar-refractivity contribution in [3.8, 4) is 5.69 Å². The summed E-state index contributed by atoms with van der Waals surface area (Å²) in [6.07, 6.45) is -2.99. The van der Waals surface area contributed by atoms with Gasteiger partial charge in [0.05, 0.1) is 5.69 Å². The van der Waals surface area contributed by atoms with Gasteiger partial charge in [-0.05, 0) is 43.0 Å². The summed E-state index contributed by atoms with van der Waals surface area (Å²) in [6, 6.07) is 3.18. The molecule has 1 fully saturated rings. The standard InChI is InChI=1S/C16H13F4N3O3S/c1-22-12(16(18,19)20)7-13(24)23(15(22)26)11-6-8(2-5-10(11)17)14(25)21-27-9-3-4-9/h2,5-7,9H,3-4H2,1H3,(H,21,25). The van der Waals surface area contributed by atoms with Crippen LogP contribution in [0.3, 0.4) is 0 Å². The summed E-state index contributed by atoms with van der Waals surface area (Å²) < 4.78 is 56.0. The van der Waals surface area contributed by atoms with E-state index < -0.39 is 40.5 Å². The summed E-state index contributed by atoms with van der Waals surface area (Å²) in [6.45, 7) is 0. The highest BCUT2D eigenvalue weighted by molar-refractivity contribution is 7.98. The van der Waals surface area contributed by atoms with Crippen molar-refractivity contribution in [2.45, 2.75) is 24.3 Å². The molecule has 6 nitrogen and oxygen atoms in total. The van der Waals surface area contributed by atoms with Gasteiger partial charge in [0.2, 0.25) is 0 Å². The molecule has 27 heavy (non-hydrogen) atoms. The predicted octanol–water partition coefficient (Wildman–Crippen LogP) is 2.23. The summed E-state index contributed by atoms with van der Waals surface area (Å²) >= 11 is 1.21. The van der Waals surface area contributed by atoms with Crippen molar-refractivity contribution >= 4 is 17.9 Å². The van der Waals surface area contributed by atoms with Crippen molar-refractivity contribution < 1.29 is 22.4 Å². The average Bonchev–Trinajstić information content (AvgIpc) is 3.41. The fourth-order valence-electron chi connectivity index (χ4n) is 2.33. The molecule has 0 saturated heterocycles. The molecule has 1 heterocycles. The van der Waals surface area contributed by atoms with Gasteiger partial charge in [0.15, 0.2) is 0 Å². The van der Waals surface area contributed by atoms with Crippen LogP contribution in [0, 0.1) is 5.82 Å². The second-order valence-corrected chi connectivity index (χ2v) is 7.06. The Balaban J connectivity index is 2.07. The van der Waals surface area contributed by atoms with E-state index >= 15 is 0 Å². The lowest BCUT2D eigenvalue weighted by molar-refractivity contribution is -0.144. The first-order chi connectivity index (χ1) is 12.6. The highest BCUT2D eigenvalue weighted by atomic mass is 32.2. The van der Waals surface area contributed by atoms with Crippen molar-refractivity contribution in [2.75, 3.05) is 0 Å². The van der Waals surface area contributed by atoms with Crippen molar-refractivity contribution in [1.82, 2.24) is 13.9 Å². The Morgan fingerprint density at radius 2 is 1.89 bits per heavy atom. The van der Waals surface area contributed by atoms with E-state index in [0.717, 1.165) is 38.1 Å². The number of alkyl halides is 3. The average molecular weight is 403 g/mol. The lowest BCUT2D eigenvalue weighted by atomic mass is 10.2. The Kier molecular flexibility index (Phi) is 4.89. The van der Waals surface area contributed by atoms with E-state index in [0.29, 0.717) is 5.25 Å². The summed E-state index contributed by atoms with van der Waals surface area (Å²) in [7, 11) is 0.821. The summed E-state index contributed by atoms with van der Waals surface area (Å²) in [5.74, 6) is -1.59. The molecule has 2 aromatic rings. The second kappa shape index (κ2) is 6.87. The van der Waals surface area contributed by atoms with E-state index in [-0.39, 0.29) is 20.8 Å². The third-order valence-corrected chi connectivity index (χ3v) is 5.01. The molecule has 0 radical (unpaired) electrons. The van der Waals surface area contributed by atoms with Crippen LogP contribution in [0.5, 0.6) is 0 Å². The van der Waals surface area contributed by atoms with Gasteiger partial charge in [-0.15, -0.1) is 0 Å². The van der Waals surface area contributed by atoms with E-state index in [1.165, 1.54) is 11.9 Å². The number of benzene rings is 1. The minimum absolute atomic E-state index is 0.0339. The summed E-state index contributed by atoms with van der Waals surface area (Å²) in [5.41, 5.74) is -4.82. The van der Waals surface area contributed by atoms with E-state index in [1.807, 2.05) is 0 Å². The lowest BCUT2D eigenvalue weighted by Gasteiger charge is -2.14. The normalized spacial score (nSPS) is 14.3. The molecule has 144 valence electrons. The van der Waals surface area contributed by atoms with Crippen LogP contribution in [0.4, 0.5) is 17.6 Å². The summed E-state index contributed by atoms with van der Waals surface area (Å²) in [4.78, 5) is 36.5. The van der Waals surface area contributed by atoms with Crippen LogP contribution in [0.2, 0.25) is 0 Å². The number of carbonyl (C=O) groups excluding carboxylic acids is 1. The number of carbonyl (C=O) groups is 1. The molecule has 0 atom stereocenters. The van der Waals surface area contributed by atoms with Crippen molar-refractivity contribution in [3.05, 3.63) is 62.2 Å². The second-order valence-electron chi connectivity index (χ2n) is 5.96. The Hall–Kier alpha value is -2.56. The SMILES string of the molecule is Cn1c(C(F)(F)F)cc(=O)n(-c2cc(C(=O)NSC3CC3)ccc2F)c1=O. The molecule has 1 saturated carbocycles. The van der Waals surface area contributed by atoms with Gasteiger partial charge in [-0.2, -0.15) is 13.2 Å². The van der Waals surface area contributed by atoms with Crippen LogP contribution in [0.1, 0.15) is 28.9 Å². The largest absolute Gasteiger partial charge is 0.431 e. The third-order valence-electron chi connectivity index (χ3n) is 3.90. The number of nitrogens with one attached hydrogen (secondary N) is 1. The molecule has 1 amide bonds. The number of hydrogen-bond donors (Lipinski definition) is 1. The number of nitrogens with zero attached hydrogens (tertiary/aromatic N) is 2. The Morgan fingerprint density at radius 1 is 1.22 bits per heavy atom. The molecule has 0 unspecified atom stereocenters. The Labute approximate surface area is 153 Å². The Bertz CT molecular complexity index is 1030. The third kappa shape index (κ3) is 3.92. The van der Waals surface area contributed by atoms with E-state index in [2.05, 4.69) is 4.72 Å². The zero-order valence-electron chi connectivity index (χ0n) is 13.8. The molecular formula is C16H13F4N3O3S. The van der Waals surface area contributed by atoms with Crippen molar-refractivity contribution in [2.24, 2.45) is 7.05 Å². The number of halogens is 4. The van der Waals surface area contributed by atoms with Gasteiger partial charge in [-0.1, -0.05) is 0 Å². The van der Waals surface area contributed by atoms with Gasteiger partial charge in [0, 0.05) is 23.9 Å². The zero-order valence-corrected chi connectivity index (χ0v) is 14.7. The topological polar surface area (TPSA) is 73.1 Å². The molecule has 1 aliphatic rings. The first kappa shape index (κ1) is 19.2. The van der Waals surface area contributed by atoms with Crippen LogP contribution < -0.4 is 16.0 Å². The quantitative estimate of drug-likeness (QED) is 0.628. The minimum Gasteiger partial charge on any atom is -0.296 e. The van der Waals surface area contributed by atoms with Gasteiger partial charge < -0.3 is 0 Å². The smallest absolute Gasteiger partial charge is 0.296 e. The van der Waals surface area contributed by atoms with Crippen molar-refractivity contribution in [1.29, 1.82) is 0 Å². The number of amides is 1. The van der Waals surface area contributed by atoms with Crippen LogP contribution in [-0.2, 0) is 13.2 Å². The lowest BCUT2D eigenvalue weighted by Crippen LogP contribution is -2.41. The maximum Gasteiger partial charge on any atom is 0.431 e. The van der Waals surface area contributed by atoms with Crippen molar-refractivity contribution in [3.63, 3.8) is 0 Å². The molecule has 1 aliphatic carbocycles. The minimum atomic E-state index is -4.92. The van der Waals surface area contributed by atoms with Gasteiger partial charge >= 0.3 is 11.9 Å². The van der Waals surface area contributed by atoms with Gasteiger partial charge in [0.1, 0.15) is 11.5 Å². The van der Waals surface area contributed by atoms with Crippen LogP contribution >= 0.6 is 11.9 Å². The molecule has 0 spiro atoms. The van der Waals surface area contributed by atoms with E-state index in [9.17, 15) is 31.9 Å². The van der Waals surface area contributed by atoms with Crippen LogP contribution in [0.25, 0.3) is 5.69 Å². The van der Waals surface area contributed by atoms with Crippen LogP contribution in [-0.4, -0.2) is 20.3 Å². The summed E-state index contributed by atoms with van der Waals surface area (Å²) in [5, 5.41) is 0.318. The number of rotatable bonds is 4. The Morgan fingerprint density at radius 3 is 2.48 bits per heavy atom.